The Bertz CT molecular complexity index is 601. The Kier molecular flexibility index (Phi) is 4.50. The molecule has 2 aromatic rings. The number of carbonyl (C=O) groups is 1. The molecule has 0 heterocycles. The number of nitrogens with one attached hydrogen (secondary N) is 1. The van der Waals surface area contributed by atoms with Gasteiger partial charge in [0.15, 0.2) is 0 Å². The Labute approximate surface area is 118 Å². The highest BCUT2D eigenvalue weighted by molar-refractivity contribution is 5.82. The van der Waals surface area contributed by atoms with E-state index in [1.165, 1.54) is 11.1 Å². The highest BCUT2D eigenvalue weighted by Gasteiger charge is 1.98. The molecule has 0 aliphatic heterocycles. The first-order valence-electron chi connectivity index (χ1n) is 6.47. The van der Waals surface area contributed by atoms with Crippen LogP contribution in [0.2, 0.25) is 0 Å². The van der Waals surface area contributed by atoms with Crippen molar-refractivity contribution >= 4 is 12.2 Å². The van der Waals surface area contributed by atoms with Crippen molar-refractivity contribution in [1.82, 2.24) is 5.43 Å². The van der Waals surface area contributed by atoms with Gasteiger partial charge in [0.05, 0.1) is 6.21 Å². The lowest BCUT2D eigenvalue weighted by Crippen LogP contribution is -2.24. The third-order valence-electron chi connectivity index (χ3n) is 2.99. The molecule has 0 unspecified atom stereocenters. The topological polar surface area (TPSA) is 67.5 Å². The van der Waals surface area contributed by atoms with Gasteiger partial charge >= 0.3 is 6.03 Å². The summed E-state index contributed by atoms with van der Waals surface area (Å²) in [5.41, 5.74) is 11.6. The first kappa shape index (κ1) is 13.8. The summed E-state index contributed by atoms with van der Waals surface area (Å²) >= 11 is 0. The van der Waals surface area contributed by atoms with Crippen LogP contribution >= 0.6 is 0 Å². The first-order valence-corrected chi connectivity index (χ1v) is 6.47. The number of nitrogens with zero attached hydrogens (tertiary/aromatic N) is 1. The summed E-state index contributed by atoms with van der Waals surface area (Å²) in [5.74, 6) is 0. The van der Waals surface area contributed by atoms with E-state index >= 15 is 0 Å². The molecule has 0 fully saturated rings. The van der Waals surface area contributed by atoms with Crippen molar-refractivity contribution in [2.75, 3.05) is 0 Å². The fourth-order valence-electron chi connectivity index (χ4n) is 1.86. The number of amides is 2. The maximum atomic E-state index is 10.5. The lowest BCUT2D eigenvalue weighted by atomic mass is 10.0. The molecule has 2 rings (SSSR count). The van der Waals surface area contributed by atoms with Gasteiger partial charge in [-0.1, -0.05) is 55.5 Å². The number of rotatable bonds is 4. The molecule has 2 amide bonds. The number of benzene rings is 2. The number of nitrogens with two attached hydrogens (primary N) is 1. The van der Waals surface area contributed by atoms with E-state index in [0.29, 0.717) is 0 Å². The molecule has 0 aromatic heterocycles. The van der Waals surface area contributed by atoms with Crippen LogP contribution in [-0.4, -0.2) is 12.2 Å². The van der Waals surface area contributed by atoms with Gasteiger partial charge in [0, 0.05) is 0 Å². The lowest BCUT2D eigenvalue weighted by Gasteiger charge is -2.03. The molecule has 0 atom stereocenters. The molecular formula is C16H17N3O. The molecule has 4 heteroatoms. The normalized spacial score (nSPS) is 10.7. The van der Waals surface area contributed by atoms with Crippen molar-refractivity contribution in [2.45, 2.75) is 13.3 Å². The van der Waals surface area contributed by atoms with Gasteiger partial charge in [-0.05, 0) is 28.7 Å². The Morgan fingerprint density at radius 1 is 1.10 bits per heavy atom. The molecule has 2 aromatic carbocycles. The number of hydrogen-bond acceptors (Lipinski definition) is 2. The summed E-state index contributed by atoms with van der Waals surface area (Å²) in [4.78, 5) is 10.5. The SMILES string of the molecule is CCc1ccc(-c2ccc(C=NNC(N)=O)cc2)cc1. The van der Waals surface area contributed by atoms with Crippen LogP contribution in [0.4, 0.5) is 4.79 Å². The summed E-state index contributed by atoms with van der Waals surface area (Å²) in [6.07, 6.45) is 2.59. The zero-order valence-corrected chi connectivity index (χ0v) is 11.3. The van der Waals surface area contributed by atoms with Crippen LogP contribution in [-0.2, 0) is 6.42 Å². The number of primary amides is 1. The van der Waals surface area contributed by atoms with Crippen molar-refractivity contribution in [1.29, 1.82) is 0 Å². The van der Waals surface area contributed by atoms with Gasteiger partial charge in [-0.3, -0.25) is 0 Å². The fraction of sp³-hybridized carbons (Fsp3) is 0.125. The number of urea groups is 1. The largest absolute Gasteiger partial charge is 0.350 e. The van der Waals surface area contributed by atoms with Crippen molar-refractivity contribution in [2.24, 2.45) is 10.8 Å². The second-order valence-electron chi connectivity index (χ2n) is 4.41. The summed E-state index contributed by atoms with van der Waals surface area (Å²) < 4.78 is 0. The van der Waals surface area contributed by atoms with E-state index < -0.39 is 6.03 Å². The zero-order valence-electron chi connectivity index (χ0n) is 11.3. The number of carbonyl (C=O) groups excluding carboxylic acids is 1. The van der Waals surface area contributed by atoms with Crippen molar-refractivity contribution in [3.8, 4) is 11.1 Å². The van der Waals surface area contributed by atoms with Crippen LogP contribution in [0.5, 0.6) is 0 Å². The van der Waals surface area contributed by atoms with E-state index in [-0.39, 0.29) is 0 Å². The monoisotopic (exact) mass is 267 g/mol. The van der Waals surface area contributed by atoms with Gasteiger partial charge in [0.25, 0.3) is 0 Å². The average Bonchev–Trinajstić information content (AvgIpc) is 2.48. The molecule has 0 bridgehead atoms. The molecule has 0 aliphatic rings. The molecule has 3 N–H and O–H groups in total. The molecule has 0 aliphatic carbocycles. The predicted molar refractivity (Wildman–Crippen MR) is 81.6 cm³/mol. The molecule has 0 spiro atoms. The molecule has 20 heavy (non-hydrogen) atoms. The minimum absolute atomic E-state index is 0.672. The second kappa shape index (κ2) is 6.52. The van der Waals surface area contributed by atoms with Crippen LogP contribution in [0.25, 0.3) is 11.1 Å². The highest BCUT2D eigenvalue weighted by atomic mass is 16.2. The molecule has 0 saturated carbocycles. The molecule has 102 valence electrons. The van der Waals surface area contributed by atoms with Gasteiger partial charge in [0.2, 0.25) is 0 Å². The Morgan fingerprint density at radius 2 is 1.65 bits per heavy atom. The third-order valence-corrected chi connectivity index (χ3v) is 2.99. The first-order chi connectivity index (χ1) is 9.69. The van der Waals surface area contributed by atoms with E-state index in [0.717, 1.165) is 17.5 Å². The predicted octanol–water partition coefficient (Wildman–Crippen LogP) is 2.92. The summed E-state index contributed by atoms with van der Waals surface area (Å²) in [5, 5.41) is 3.72. The van der Waals surface area contributed by atoms with Gasteiger partial charge < -0.3 is 5.73 Å². The Balaban J connectivity index is 2.10. The zero-order chi connectivity index (χ0) is 14.4. The van der Waals surface area contributed by atoms with Gasteiger partial charge in [-0.2, -0.15) is 5.10 Å². The molecular weight excluding hydrogens is 250 g/mol. The third kappa shape index (κ3) is 3.68. The van der Waals surface area contributed by atoms with Crippen LogP contribution in [0, 0.1) is 0 Å². The van der Waals surface area contributed by atoms with E-state index in [4.69, 9.17) is 5.73 Å². The Hall–Kier alpha value is -2.62. The summed E-state index contributed by atoms with van der Waals surface area (Å²) in [6, 6.07) is 15.8. The van der Waals surface area contributed by atoms with Crippen LogP contribution in [0.15, 0.2) is 53.6 Å². The number of hydrazone groups is 1. The molecule has 4 nitrogen and oxygen atoms in total. The van der Waals surface area contributed by atoms with E-state index in [9.17, 15) is 4.79 Å². The smallest absolute Gasteiger partial charge is 0.332 e. The van der Waals surface area contributed by atoms with Crippen LogP contribution in [0.3, 0.4) is 0 Å². The van der Waals surface area contributed by atoms with E-state index in [2.05, 4.69) is 41.7 Å². The van der Waals surface area contributed by atoms with Gasteiger partial charge in [-0.15, -0.1) is 0 Å². The highest BCUT2D eigenvalue weighted by Crippen LogP contribution is 2.20. The molecule has 0 saturated heterocycles. The number of hydrogen-bond donors (Lipinski definition) is 2. The standard InChI is InChI=1S/C16H17N3O/c1-2-12-3-7-14(8-4-12)15-9-5-13(6-10-15)11-18-19-16(17)20/h3-11H,2H2,1H3,(H3,17,19,20). The summed E-state index contributed by atoms with van der Waals surface area (Å²) in [6.45, 7) is 2.14. The van der Waals surface area contributed by atoms with Crippen molar-refractivity contribution in [3.05, 3.63) is 59.7 Å². The minimum atomic E-state index is -0.672. The lowest BCUT2D eigenvalue weighted by molar-refractivity contribution is 0.249. The minimum Gasteiger partial charge on any atom is -0.350 e. The van der Waals surface area contributed by atoms with Crippen LogP contribution < -0.4 is 11.2 Å². The molecule has 0 radical (unpaired) electrons. The van der Waals surface area contributed by atoms with E-state index in [1.54, 1.807) is 6.21 Å². The van der Waals surface area contributed by atoms with Crippen LogP contribution in [0.1, 0.15) is 18.1 Å². The Morgan fingerprint density at radius 3 is 2.15 bits per heavy atom. The average molecular weight is 267 g/mol. The summed E-state index contributed by atoms with van der Waals surface area (Å²) in [7, 11) is 0. The van der Waals surface area contributed by atoms with Crippen molar-refractivity contribution in [3.63, 3.8) is 0 Å². The van der Waals surface area contributed by atoms with Gasteiger partial charge in [0.1, 0.15) is 0 Å². The quantitative estimate of drug-likeness (QED) is 0.649. The number of aryl methyl sites for hydroxylation is 1. The maximum Gasteiger partial charge on any atom is 0.332 e. The second-order valence-corrected chi connectivity index (χ2v) is 4.41. The maximum absolute atomic E-state index is 10.5. The fourth-order valence-corrected chi connectivity index (χ4v) is 1.86. The van der Waals surface area contributed by atoms with E-state index in [1.807, 2.05) is 24.3 Å². The van der Waals surface area contributed by atoms with Crippen molar-refractivity contribution < 1.29 is 4.79 Å². The van der Waals surface area contributed by atoms with Gasteiger partial charge in [-0.25, -0.2) is 10.2 Å².